The third-order valence-corrected chi connectivity index (χ3v) is 4.90. The maximum atomic E-state index is 12.4. The zero-order valence-electron chi connectivity index (χ0n) is 15.4. The largest absolute Gasteiger partial charge is 0.497 e. The van der Waals surface area contributed by atoms with Crippen molar-refractivity contribution in [1.29, 1.82) is 0 Å². The Morgan fingerprint density at radius 1 is 1.04 bits per heavy atom. The first-order chi connectivity index (χ1) is 13.5. The summed E-state index contributed by atoms with van der Waals surface area (Å²) in [4.78, 5) is 26.3. The van der Waals surface area contributed by atoms with E-state index in [1.165, 1.54) is 14.2 Å². The lowest BCUT2D eigenvalue weighted by Crippen LogP contribution is -2.12. The van der Waals surface area contributed by atoms with Crippen molar-refractivity contribution < 1.29 is 24.1 Å². The molecule has 2 aromatic carbocycles. The predicted molar refractivity (Wildman–Crippen MR) is 105 cm³/mol. The fourth-order valence-corrected chi connectivity index (χ4v) is 3.32. The number of nitrogens with one attached hydrogen (secondary N) is 1. The molecular weight excluding hydrogens is 382 g/mol. The van der Waals surface area contributed by atoms with Crippen LogP contribution in [-0.2, 0) is 6.42 Å². The van der Waals surface area contributed by atoms with Gasteiger partial charge in [-0.2, -0.15) is 0 Å². The smallest absolute Gasteiger partial charge is 0.307 e. The van der Waals surface area contributed by atoms with E-state index in [0.717, 1.165) is 16.9 Å². The van der Waals surface area contributed by atoms with Gasteiger partial charge >= 0.3 is 4.87 Å². The van der Waals surface area contributed by atoms with Crippen molar-refractivity contribution in [3.8, 4) is 23.1 Å². The van der Waals surface area contributed by atoms with E-state index in [9.17, 15) is 14.7 Å². The van der Waals surface area contributed by atoms with Crippen LogP contribution in [0.1, 0.15) is 20.8 Å². The quantitative estimate of drug-likeness (QED) is 0.563. The van der Waals surface area contributed by atoms with Gasteiger partial charge in [-0.15, -0.1) is 0 Å². The van der Waals surface area contributed by atoms with E-state index in [1.54, 1.807) is 30.3 Å². The third kappa shape index (κ3) is 4.72. The van der Waals surface area contributed by atoms with Gasteiger partial charge in [0, 0.05) is 18.1 Å². The molecule has 1 heterocycles. The molecule has 2 N–H and O–H groups in total. The second kappa shape index (κ2) is 8.62. The van der Waals surface area contributed by atoms with Crippen molar-refractivity contribution in [2.45, 2.75) is 6.42 Å². The van der Waals surface area contributed by atoms with Crippen LogP contribution < -0.4 is 19.1 Å². The number of hydrogen-bond acceptors (Lipinski definition) is 7. The Morgan fingerprint density at radius 3 is 2.21 bits per heavy atom. The number of carbonyl (C=O) groups excluding carboxylic acids is 1. The number of thiazole rings is 1. The zero-order valence-corrected chi connectivity index (χ0v) is 16.2. The van der Waals surface area contributed by atoms with Gasteiger partial charge in [-0.05, 0) is 29.8 Å². The van der Waals surface area contributed by atoms with E-state index >= 15 is 0 Å². The minimum atomic E-state index is -0.292. The summed E-state index contributed by atoms with van der Waals surface area (Å²) in [5.74, 6) is 1.29. The Bertz CT molecular complexity index is 1000. The molecule has 8 heteroatoms. The lowest BCUT2D eigenvalue weighted by atomic mass is 10.1. The second-order valence-electron chi connectivity index (χ2n) is 5.92. The molecule has 0 atom stereocenters. The first kappa shape index (κ1) is 19.5. The van der Waals surface area contributed by atoms with Crippen LogP contribution in [0.2, 0.25) is 0 Å². The Morgan fingerprint density at radius 2 is 1.68 bits per heavy atom. The molecule has 146 valence electrons. The van der Waals surface area contributed by atoms with Gasteiger partial charge < -0.3 is 19.3 Å². The highest BCUT2D eigenvalue weighted by Crippen LogP contribution is 2.24. The number of methoxy groups -OCH3 is 2. The molecule has 0 spiro atoms. The van der Waals surface area contributed by atoms with E-state index < -0.39 is 0 Å². The van der Waals surface area contributed by atoms with Crippen molar-refractivity contribution in [3.05, 3.63) is 68.1 Å². The molecule has 0 fully saturated rings. The molecule has 3 rings (SSSR count). The molecule has 0 saturated carbocycles. The van der Waals surface area contributed by atoms with Crippen LogP contribution in [0.3, 0.4) is 0 Å². The van der Waals surface area contributed by atoms with Gasteiger partial charge in [0.05, 0.1) is 19.1 Å². The fraction of sp³-hybridized carbons (Fsp3) is 0.200. The number of aromatic hydroxyl groups is 1. The van der Waals surface area contributed by atoms with Crippen molar-refractivity contribution in [2.24, 2.45) is 0 Å². The number of ketones is 1. The lowest BCUT2D eigenvalue weighted by Gasteiger charge is -2.09. The Kier molecular flexibility index (Phi) is 6.00. The van der Waals surface area contributed by atoms with Gasteiger partial charge in [-0.1, -0.05) is 23.5 Å². The number of aromatic nitrogens is 1. The number of carbonyl (C=O) groups is 1. The fourth-order valence-electron chi connectivity index (χ4n) is 2.56. The molecular formula is C20H19NO6S. The maximum absolute atomic E-state index is 12.4. The highest BCUT2D eigenvalue weighted by molar-refractivity contribution is 7.09. The van der Waals surface area contributed by atoms with Gasteiger partial charge in [0.15, 0.2) is 12.4 Å². The summed E-state index contributed by atoms with van der Waals surface area (Å²) in [7, 11) is 3.04. The molecule has 0 aliphatic rings. The minimum Gasteiger partial charge on any atom is -0.497 e. The average Bonchev–Trinajstić information content (AvgIpc) is 3.03. The number of benzene rings is 2. The van der Waals surface area contributed by atoms with Crippen LogP contribution in [0.25, 0.3) is 0 Å². The third-order valence-electron chi connectivity index (χ3n) is 4.03. The summed E-state index contributed by atoms with van der Waals surface area (Å²) in [5, 5.41) is 9.65. The highest BCUT2D eigenvalue weighted by atomic mass is 32.1. The number of hydrogen-bond donors (Lipinski definition) is 2. The van der Waals surface area contributed by atoms with Gasteiger partial charge in [-0.25, -0.2) is 0 Å². The Hall–Kier alpha value is -3.26. The maximum Gasteiger partial charge on any atom is 0.307 e. The summed E-state index contributed by atoms with van der Waals surface area (Å²) in [6.07, 6.45) is 0.429. The van der Waals surface area contributed by atoms with Crippen LogP contribution in [0.5, 0.6) is 23.1 Å². The van der Waals surface area contributed by atoms with Crippen molar-refractivity contribution in [1.82, 2.24) is 4.98 Å². The molecule has 0 saturated heterocycles. The molecule has 0 aliphatic carbocycles. The lowest BCUT2D eigenvalue weighted by molar-refractivity contribution is 0.0921. The normalized spacial score (nSPS) is 10.5. The van der Waals surface area contributed by atoms with Gasteiger partial charge in [-0.3, -0.25) is 14.6 Å². The van der Waals surface area contributed by atoms with E-state index in [0.29, 0.717) is 34.1 Å². The van der Waals surface area contributed by atoms with Crippen LogP contribution in [0.15, 0.2) is 47.3 Å². The molecule has 0 bridgehead atoms. The van der Waals surface area contributed by atoms with E-state index in [2.05, 4.69) is 4.98 Å². The highest BCUT2D eigenvalue weighted by Gasteiger charge is 2.12. The van der Waals surface area contributed by atoms with Crippen molar-refractivity contribution >= 4 is 17.1 Å². The monoisotopic (exact) mass is 401 g/mol. The number of Topliss-reactive ketones (excluding diaryl/α,β-unsaturated/α-hetero) is 1. The summed E-state index contributed by atoms with van der Waals surface area (Å²) in [5.41, 5.74) is 1.34. The van der Waals surface area contributed by atoms with Gasteiger partial charge in [0.25, 0.3) is 0 Å². The summed E-state index contributed by atoms with van der Waals surface area (Å²) in [6, 6.07) is 12.1. The molecule has 0 unspecified atom stereocenters. The van der Waals surface area contributed by atoms with E-state index in [1.807, 2.05) is 12.1 Å². The van der Waals surface area contributed by atoms with Crippen molar-refractivity contribution in [2.75, 3.05) is 20.8 Å². The minimum absolute atomic E-state index is 0.102. The topological polar surface area (TPSA) is 97.9 Å². The summed E-state index contributed by atoms with van der Waals surface area (Å²) < 4.78 is 15.9. The molecule has 0 aliphatic heterocycles. The Balaban J connectivity index is 1.62. The SMILES string of the molecule is COc1cc(OC)cc(C(=O)COc2ccc(Cc3sc(=O)[nH]c3O)cc2)c1. The Labute approximate surface area is 165 Å². The first-order valence-electron chi connectivity index (χ1n) is 8.37. The zero-order chi connectivity index (χ0) is 20.1. The second-order valence-corrected chi connectivity index (χ2v) is 6.99. The summed E-state index contributed by atoms with van der Waals surface area (Å²) >= 11 is 0.974. The number of H-pyrrole nitrogens is 1. The molecule has 28 heavy (non-hydrogen) atoms. The molecule has 3 aromatic rings. The van der Waals surface area contributed by atoms with Crippen LogP contribution in [0, 0.1) is 0 Å². The first-order valence-corrected chi connectivity index (χ1v) is 9.19. The summed E-state index contributed by atoms with van der Waals surface area (Å²) in [6.45, 7) is -0.129. The van der Waals surface area contributed by atoms with Crippen LogP contribution >= 0.6 is 11.3 Å². The number of rotatable bonds is 8. The van der Waals surface area contributed by atoms with E-state index in [-0.39, 0.29) is 23.1 Å². The molecule has 0 radical (unpaired) electrons. The standard InChI is InChI=1S/C20H19NO6S/c1-25-15-8-13(9-16(10-15)26-2)17(22)11-27-14-5-3-12(4-6-14)7-18-19(23)21-20(24)28-18/h3-6,8-10,23H,7,11H2,1-2H3,(H,21,24). The van der Waals surface area contributed by atoms with Crippen LogP contribution in [0.4, 0.5) is 0 Å². The van der Waals surface area contributed by atoms with Gasteiger partial charge in [0.2, 0.25) is 5.88 Å². The molecule has 0 amide bonds. The molecule has 1 aromatic heterocycles. The predicted octanol–water partition coefficient (Wildman–Crippen LogP) is 3.01. The van der Waals surface area contributed by atoms with Crippen molar-refractivity contribution in [3.63, 3.8) is 0 Å². The van der Waals surface area contributed by atoms with Gasteiger partial charge in [0.1, 0.15) is 17.2 Å². The average molecular weight is 401 g/mol. The number of aromatic amines is 1. The van der Waals surface area contributed by atoms with Crippen LogP contribution in [-0.4, -0.2) is 36.7 Å². The molecule has 7 nitrogen and oxygen atoms in total. The number of ether oxygens (including phenoxy) is 3. The van der Waals surface area contributed by atoms with E-state index in [4.69, 9.17) is 14.2 Å².